The van der Waals surface area contributed by atoms with Crippen LogP contribution < -0.4 is 5.32 Å². The maximum Gasteiger partial charge on any atom is 0.134 e. The maximum atomic E-state index is 6.03. The Morgan fingerprint density at radius 3 is 2.70 bits per heavy atom. The summed E-state index contributed by atoms with van der Waals surface area (Å²) in [6, 6.07) is 19.3. The molecular weight excluding hydrogens is 246 g/mol. The second-order valence-electron chi connectivity index (χ2n) is 5.46. The first-order valence-electron chi connectivity index (χ1n) is 7.10. The van der Waals surface area contributed by atoms with Crippen LogP contribution in [0.1, 0.15) is 28.8 Å². The molecule has 1 heterocycles. The molecule has 0 saturated heterocycles. The molecule has 0 spiro atoms. The second kappa shape index (κ2) is 4.50. The van der Waals surface area contributed by atoms with Crippen LogP contribution in [0.4, 0.5) is 0 Å². The van der Waals surface area contributed by atoms with E-state index >= 15 is 0 Å². The van der Waals surface area contributed by atoms with Crippen LogP contribution in [0.3, 0.4) is 0 Å². The fourth-order valence-corrected chi connectivity index (χ4v) is 3.29. The number of hydrogen-bond donors (Lipinski definition) is 1. The summed E-state index contributed by atoms with van der Waals surface area (Å²) in [6.07, 6.45) is 1.12. The van der Waals surface area contributed by atoms with Gasteiger partial charge in [0.1, 0.15) is 11.3 Å². The quantitative estimate of drug-likeness (QED) is 0.771. The Kier molecular flexibility index (Phi) is 2.64. The lowest BCUT2D eigenvalue weighted by Gasteiger charge is -2.35. The Balaban J connectivity index is 1.72. The van der Waals surface area contributed by atoms with Crippen molar-refractivity contribution in [3.05, 3.63) is 71.5 Å². The number of rotatable bonds is 3. The molecule has 4 rings (SSSR count). The molecule has 0 saturated carbocycles. The number of furan rings is 1. The third-order valence-corrected chi connectivity index (χ3v) is 4.36. The van der Waals surface area contributed by atoms with E-state index in [0.29, 0.717) is 5.92 Å². The molecule has 0 radical (unpaired) electrons. The highest BCUT2D eigenvalue weighted by molar-refractivity contribution is 5.77. The highest BCUT2D eigenvalue weighted by Crippen LogP contribution is 2.44. The number of para-hydroxylation sites is 1. The average Bonchev–Trinajstić information content (AvgIpc) is 2.88. The maximum absolute atomic E-state index is 6.03. The standard InChI is InChI=1S/C18H17NO/c1-19-18(15-10-12-6-2-4-8-14(12)15)17-11-13-7-3-5-9-16(13)20-17/h2-9,11,15,18-19H,10H2,1H3. The summed E-state index contributed by atoms with van der Waals surface area (Å²) in [6.45, 7) is 0. The fourth-order valence-electron chi connectivity index (χ4n) is 3.29. The van der Waals surface area contributed by atoms with E-state index in [4.69, 9.17) is 4.42 Å². The van der Waals surface area contributed by atoms with Crippen molar-refractivity contribution in [3.63, 3.8) is 0 Å². The second-order valence-corrected chi connectivity index (χ2v) is 5.46. The summed E-state index contributed by atoms with van der Waals surface area (Å²) in [5.41, 5.74) is 3.89. The minimum Gasteiger partial charge on any atom is -0.459 e. The first-order chi connectivity index (χ1) is 9.86. The van der Waals surface area contributed by atoms with Crippen molar-refractivity contribution in [1.82, 2.24) is 5.32 Å². The first-order valence-corrected chi connectivity index (χ1v) is 7.10. The fraction of sp³-hybridized carbons (Fsp3) is 0.222. The van der Waals surface area contributed by atoms with Gasteiger partial charge in [-0.1, -0.05) is 42.5 Å². The molecule has 2 heteroatoms. The lowest BCUT2D eigenvalue weighted by Crippen LogP contribution is -2.31. The van der Waals surface area contributed by atoms with Gasteiger partial charge >= 0.3 is 0 Å². The van der Waals surface area contributed by atoms with Crippen molar-refractivity contribution >= 4 is 11.0 Å². The van der Waals surface area contributed by atoms with E-state index in [1.807, 2.05) is 19.2 Å². The van der Waals surface area contributed by atoms with Crippen molar-refractivity contribution in [1.29, 1.82) is 0 Å². The Bertz CT molecular complexity index is 726. The zero-order valence-corrected chi connectivity index (χ0v) is 11.5. The van der Waals surface area contributed by atoms with Crippen molar-refractivity contribution in [2.75, 3.05) is 7.05 Å². The molecule has 1 aromatic heterocycles. The van der Waals surface area contributed by atoms with E-state index in [9.17, 15) is 0 Å². The molecule has 1 N–H and O–H groups in total. The molecule has 100 valence electrons. The number of fused-ring (bicyclic) bond motifs is 2. The summed E-state index contributed by atoms with van der Waals surface area (Å²) >= 11 is 0. The summed E-state index contributed by atoms with van der Waals surface area (Å²) < 4.78 is 6.03. The lowest BCUT2D eigenvalue weighted by atomic mass is 9.73. The zero-order valence-electron chi connectivity index (χ0n) is 11.5. The Morgan fingerprint density at radius 1 is 1.10 bits per heavy atom. The van der Waals surface area contributed by atoms with Gasteiger partial charge in [-0.2, -0.15) is 0 Å². The van der Waals surface area contributed by atoms with E-state index in [1.54, 1.807) is 0 Å². The van der Waals surface area contributed by atoms with Crippen molar-refractivity contribution in [2.24, 2.45) is 0 Å². The molecule has 20 heavy (non-hydrogen) atoms. The topological polar surface area (TPSA) is 25.2 Å². The minimum absolute atomic E-state index is 0.247. The minimum atomic E-state index is 0.247. The van der Waals surface area contributed by atoms with E-state index in [0.717, 1.165) is 17.8 Å². The molecule has 0 bridgehead atoms. The van der Waals surface area contributed by atoms with Crippen molar-refractivity contribution in [2.45, 2.75) is 18.4 Å². The SMILES string of the molecule is CNC(c1cc2ccccc2o1)C1Cc2ccccc21. The Labute approximate surface area is 118 Å². The van der Waals surface area contributed by atoms with Gasteiger partial charge < -0.3 is 9.73 Å². The number of nitrogens with one attached hydrogen (secondary N) is 1. The summed E-state index contributed by atoms with van der Waals surface area (Å²) in [5.74, 6) is 1.55. The van der Waals surface area contributed by atoms with Crippen LogP contribution in [-0.4, -0.2) is 7.05 Å². The smallest absolute Gasteiger partial charge is 0.134 e. The van der Waals surface area contributed by atoms with Crippen LogP contribution in [0.25, 0.3) is 11.0 Å². The highest BCUT2D eigenvalue weighted by atomic mass is 16.3. The lowest BCUT2D eigenvalue weighted by molar-refractivity contribution is 0.372. The van der Waals surface area contributed by atoms with E-state index < -0.39 is 0 Å². The largest absolute Gasteiger partial charge is 0.459 e. The van der Waals surface area contributed by atoms with Gasteiger partial charge in [0.25, 0.3) is 0 Å². The third kappa shape index (κ3) is 1.69. The predicted molar refractivity (Wildman–Crippen MR) is 80.9 cm³/mol. The highest BCUT2D eigenvalue weighted by Gasteiger charge is 2.34. The molecule has 1 aliphatic rings. The van der Waals surface area contributed by atoms with Gasteiger partial charge in [0.2, 0.25) is 0 Å². The summed E-state index contributed by atoms with van der Waals surface area (Å²) in [7, 11) is 2.01. The van der Waals surface area contributed by atoms with Gasteiger partial charge in [0.05, 0.1) is 6.04 Å². The molecule has 2 unspecified atom stereocenters. The molecule has 1 aliphatic carbocycles. The Morgan fingerprint density at radius 2 is 1.90 bits per heavy atom. The van der Waals surface area contributed by atoms with Crippen molar-refractivity contribution in [3.8, 4) is 0 Å². The van der Waals surface area contributed by atoms with Crippen LogP contribution in [0, 0.1) is 0 Å². The normalized spacial score (nSPS) is 18.6. The van der Waals surface area contributed by atoms with Gasteiger partial charge in [-0.15, -0.1) is 0 Å². The van der Waals surface area contributed by atoms with Crippen LogP contribution in [-0.2, 0) is 6.42 Å². The van der Waals surface area contributed by atoms with Crippen LogP contribution in [0.5, 0.6) is 0 Å². The molecule has 3 aromatic rings. The molecule has 2 aromatic carbocycles. The molecule has 0 amide bonds. The summed E-state index contributed by atoms with van der Waals surface area (Å²) in [4.78, 5) is 0. The molecular formula is C18H17NO. The van der Waals surface area contributed by atoms with Gasteiger partial charge in [-0.25, -0.2) is 0 Å². The first kappa shape index (κ1) is 11.7. The number of benzene rings is 2. The van der Waals surface area contributed by atoms with E-state index in [1.165, 1.54) is 16.5 Å². The van der Waals surface area contributed by atoms with Crippen molar-refractivity contribution < 1.29 is 4.42 Å². The number of hydrogen-bond acceptors (Lipinski definition) is 2. The third-order valence-electron chi connectivity index (χ3n) is 4.36. The van der Waals surface area contributed by atoms with E-state index in [2.05, 4.69) is 47.8 Å². The zero-order chi connectivity index (χ0) is 13.5. The van der Waals surface area contributed by atoms with E-state index in [-0.39, 0.29) is 6.04 Å². The molecule has 2 nitrogen and oxygen atoms in total. The number of likely N-dealkylation sites (N-methyl/N-ethyl adjacent to an activating group) is 1. The average molecular weight is 263 g/mol. The van der Waals surface area contributed by atoms with Gasteiger partial charge in [-0.05, 0) is 36.7 Å². The molecule has 2 atom stereocenters. The predicted octanol–water partition coefficient (Wildman–Crippen LogP) is 4.03. The monoisotopic (exact) mass is 263 g/mol. The van der Waals surface area contributed by atoms with Gasteiger partial charge in [0.15, 0.2) is 0 Å². The van der Waals surface area contributed by atoms with Gasteiger partial charge in [-0.3, -0.25) is 0 Å². The molecule has 0 aliphatic heterocycles. The van der Waals surface area contributed by atoms with Crippen LogP contribution in [0.15, 0.2) is 59.0 Å². The summed E-state index contributed by atoms with van der Waals surface area (Å²) in [5, 5.41) is 4.60. The Hall–Kier alpha value is -2.06. The molecule has 0 fully saturated rings. The van der Waals surface area contributed by atoms with Crippen LogP contribution in [0.2, 0.25) is 0 Å². The van der Waals surface area contributed by atoms with Crippen LogP contribution >= 0.6 is 0 Å². The van der Waals surface area contributed by atoms with Gasteiger partial charge in [0, 0.05) is 11.3 Å².